The summed E-state index contributed by atoms with van der Waals surface area (Å²) in [6, 6.07) is 4.02. The maximum Gasteiger partial charge on any atom is 0.164 e. The Morgan fingerprint density at radius 2 is 2.21 bits per heavy atom. The van der Waals surface area contributed by atoms with Gasteiger partial charge in [-0.15, -0.1) is 0 Å². The van der Waals surface area contributed by atoms with E-state index in [0.717, 1.165) is 12.1 Å². The average Bonchev–Trinajstić information content (AvgIpc) is 2.38. The number of hydrogen-bond donors (Lipinski definition) is 2. The zero-order valence-corrected chi connectivity index (χ0v) is 12.3. The number of Topliss-reactive ketones (excluding diaryl/α,β-unsaturated/α-hetero) is 1. The topological polar surface area (TPSA) is 53.0 Å². The molecular formula is C14H16BrFN2O. The van der Waals surface area contributed by atoms with Crippen LogP contribution in [0.15, 0.2) is 34.4 Å². The van der Waals surface area contributed by atoms with E-state index in [-0.39, 0.29) is 18.0 Å². The Balaban J connectivity index is 2.67. The van der Waals surface area contributed by atoms with Gasteiger partial charge in [0.15, 0.2) is 5.78 Å². The summed E-state index contributed by atoms with van der Waals surface area (Å²) >= 11 is 3.18. The van der Waals surface area contributed by atoms with E-state index in [1.54, 1.807) is 6.20 Å². The Bertz CT molecular complexity index is 500. The van der Waals surface area contributed by atoms with Gasteiger partial charge in [0.05, 0.1) is 0 Å². The molecule has 0 saturated carbocycles. The molecule has 2 N–H and O–H groups in total. The molecule has 0 heterocycles. The number of rotatable bonds is 7. The van der Waals surface area contributed by atoms with Crippen molar-refractivity contribution in [3.05, 3.63) is 45.8 Å². The normalized spacial score (nSPS) is 11.2. The van der Waals surface area contributed by atoms with Crippen molar-refractivity contribution in [3.8, 4) is 0 Å². The molecule has 0 aliphatic heterocycles. The van der Waals surface area contributed by atoms with Crippen molar-refractivity contribution < 1.29 is 9.18 Å². The van der Waals surface area contributed by atoms with Gasteiger partial charge in [-0.25, -0.2) is 4.39 Å². The van der Waals surface area contributed by atoms with Crippen LogP contribution in [0.1, 0.15) is 30.1 Å². The van der Waals surface area contributed by atoms with Gasteiger partial charge in [-0.2, -0.15) is 0 Å². The Labute approximate surface area is 120 Å². The van der Waals surface area contributed by atoms with Gasteiger partial charge in [-0.3, -0.25) is 4.79 Å². The van der Waals surface area contributed by atoms with Crippen LogP contribution in [-0.2, 0) is 0 Å². The smallest absolute Gasteiger partial charge is 0.164 e. The lowest BCUT2D eigenvalue weighted by atomic mass is 10.0. The first-order valence-electron chi connectivity index (χ1n) is 5.99. The predicted molar refractivity (Wildman–Crippen MR) is 78.2 cm³/mol. The van der Waals surface area contributed by atoms with Gasteiger partial charge in [0.25, 0.3) is 0 Å². The lowest BCUT2D eigenvalue weighted by Crippen LogP contribution is -2.06. The molecule has 0 unspecified atom stereocenters. The summed E-state index contributed by atoms with van der Waals surface area (Å²) in [6.07, 6.45) is 3.74. The number of benzene rings is 1. The standard InChI is InChI=1S/C14H16BrFN2O/c1-2-18-9-10(8-17)3-6-14(19)12-5-4-11(16)7-13(12)15/h4-5,7-9,17-18H,2-3,6H2,1H3/b10-9-,17-8?. The quantitative estimate of drug-likeness (QED) is 0.593. The van der Waals surface area contributed by atoms with E-state index in [2.05, 4.69) is 21.2 Å². The van der Waals surface area contributed by atoms with Crippen LogP contribution in [0.5, 0.6) is 0 Å². The number of halogens is 2. The van der Waals surface area contributed by atoms with E-state index in [1.807, 2.05) is 6.92 Å². The Kier molecular flexibility index (Phi) is 6.42. The van der Waals surface area contributed by atoms with Crippen molar-refractivity contribution >= 4 is 27.9 Å². The minimum absolute atomic E-state index is 0.0730. The summed E-state index contributed by atoms with van der Waals surface area (Å²) in [4.78, 5) is 12.0. The number of carbonyl (C=O) groups is 1. The maximum absolute atomic E-state index is 12.9. The van der Waals surface area contributed by atoms with E-state index < -0.39 is 0 Å². The first-order valence-corrected chi connectivity index (χ1v) is 6.79. The SMILES string of the molecule is CCN/C=C(\C=N)CCC(=O)c1ccc(F)cc1Br. The van der Waals surface area contributed by atoms with Gasteiger partial charge >= 0.3 is 0 Å². The second kappa shape index (κ2) is 7.84. The highest BCUT2D eigenvalue weighted by Gasteiger charge is 2.11. The van der Waals surface area contributed by atoms with Crippen LogP contribution in [0.25, 0.3) is 0 Å². The molecule has 0 spiro atoms. The molecule has 19 heavy (non-hydrogen) atoms. The lowest BCUT2D eigenvalue weighted by molar-refractivity contribution is 0.0982. The fraction of sp³-hybridized carbons (Fsp3) is 0.286. The minimum atomic E-state index is -0.379. The molecule has 0 bridgehead atoms. The monoisotopic (exact) mass is 326 g/mol. The van der Waals surface area contributed by atoms with Crippen LogP contribution in [0.4, 0.5) is 4.39 Å². The lowest BCUT2D eigenvalue weighted by Gasteiger charge is -2.05. The number of nitrogens with one attached hydrogen (secondary N) is 2. The highest BCUT2D eigenvalue weighted by molar-refractivity contribution is 9.10. The average molecular weight is 327 g/mol. The van der Waals surface area contributed by atoms with E-state index >= 15 is 0 Å². The van der Waals surface area contributed by atoms with Crippen LogP contribution in [0, 0.1) is 11.2 Å². The molecule has 102 valence electrons. The third-order valence-corrected chi connectivity index (χ3v) is 3.21. The van der Waals surface area contributed by atoms with Gasteiger partial charge in [-0.1, -0.05) is 0 Å². The largest absolute Gasteiger partial charge is 0.391 e. The summed E-state index contributed by atoms with van der Waals surface area (Å²) < 4.78 is 13.4. The van der Waals surface area contributed by atoms with Crippen molar-refractivity contribution in [1.29, 1.82) is 5.41 Å². The molecule has 0 aliphatic rings. The van der Waals surface area contributed by atoms with Gasteiger partial charge in [0.1, 0.15) is 5.82 Å². The predicted octanol–water partition coefficient (Wildman–Crippen LogP) is 3.69. The molecule has 0 amide bonds. The second-order valence-electron chi connectivity index (χ2n) is 3.97. The van der Waals surface area contributed by atoms with E-state index in [1.165, 1.54) is 24.4 Å². The fourth-order valence-electron chi connectivity index (χ4n) is 1.53. The van der Waals surface area contributed by atoms with E-state index in [0.29, 0.717) is 16.5 Å². The summed E-state index contributed by atoms with van der Waals surface area (Å²) in [6.45, 7) is 2.73. The highest BCUT2D eigenvalue weighted by atomic mass is 79.9. The first kappa shape index (κ1) is 15.6. The molecule has 0 atom stereocenters. The molecule has 0 fully saturated rings. The van der Waals surface area contributed by atoms with Gasteiger partial charge in [0.2, 0.25) is 0 Å². The number of allylic oxidation sites excluding steroid dienone is 1. The molecule has 0 aromatic heterocycles. The van der Waals surface area contributed by atoms with E-state index in [9.17, 15) is 9.18 Å². The van der Waals surface area contributed by atoms with Crippen LogP contribution >= 0.6 is 15.9 Å². The van der Waals surface area contributed by atoms with Crippen molar-refractivity contribution in [2.45, 2.75) is 19.8 Å². The van der Waals surface area contributed by atoms with E-state index in [4.69, 9.17) is 5.41 Å². The number of carbonyl (C=O) groups excluding carboxylic acids is 1. The van der Waals surface area contributed by atoms with Crippen molar-refractivity contribution in [2.24, 2.45) is 0 Å². The molecule has 1 aromatic carbocycles. The molecule has 0 radical (unpaired) electrons. The summed E-state index contributed by atoms with van der Waals surface area (Å²) in [5.74, 6) is -0.452. The number of ketones is 1. The maximum atomic E-state index is 12.9. The van der Waals surface area contributed by atoms with Gasteiger partial charge in [-0.05, 0) is 53.0 Å². The van der Waals surface area contributed by atoms with Crippen molar-refractivity contribution in [3.63, 3.8) is 0 Å². The summed E-state index contributed by atoms with van der Waals surface area (Å²) in [7, 11) is 0. The molecule has 3 nitrogen and oxygen atoms in total. The van der Waals surface area contributed by atoms with Crippen LogP contribution in [0.2, 0.25) is 0 Å². The van der Waals surface area contributed by atoms with Crippen molar-refractivity contribution in [2.75, 3.05) is 6.54 Å². The Hall–Kier alpha value is -1.49. The highest BCUT2D eigenvalue weighted by Crippen LogP contribution is 2.20. The second-order valence-corrected chi connectivity index (χ2v) is 4.82. The van der Waals surface area contributed by atoms with Crippen LogP contribution < -0.4 is 5.32 Å². The third kappa shape index (κ3) is 4.95. The fourth-order valence-corrected chi connectivity index (χ4v) is 2.10. The molecule has 5 heteroatoms. The first-order chi connectivity index (χ1) is 9.08. The molecule has 1 rings (SSSR count). The molecule has 0 aliphatic carbocycles. The third-order valence-electron chi connectivity index (χ3n) is 2.55. The summed E-state index contributed by atoms with van der Waals surface area (Å²) in [5, 5.41) is 10.3. The van der Waals surface area contributed by atoms with Crippen molar-refractivity contribution in [1.82, 2.24) is 5.32 Å². The Morgan fingerprint density at radius 3 is 2.79 bits per heavy atom. The Morgan fingerprint density at radius 1 is 1.47 bits per heavy atom. The van der Waals surface area contributed by atoms with Gasteiger partial charge in [0, 0.05) is 35.4 Å². The van der Waals surface area contributed by atoms with Crippen LogP contribution in [-0.4, -0.2) is 18.5 Å². The zero-order valence-electron chi connectivity index (χ0n) is 10.7. The number of hydrogen-bond acceptors (Lipinski definition) is 3. The zero-order chi connectivity index (χ0) is 14.3. The van der Waals surface area contributed by atoms with Crippen LogP contribution in [0.3, 0.4) is 0 Å². The summed E-state index contributed by atoms with van der Waals surface area (Å²) in [5.41, 5.74) is 1.22. The van der Waals surface area contributed by atoms with Gasteiger partial charge < -0.3 is 10.7 Å². The molecular weight excluding hydrogens is 311 g/mol. The molecule has 0 saturated heterocycles. The minimum Gasteiger partial charge on any atom is -0.391 e. The molecule has 1 aromatic rings.